The molecule has 9 nitrogen and oxygen atoms in total. The number of nitrogens with one attached hydrogen (secondary N) is 1. The number of methoxy groups -OCH3 is 1. The van der Waals surface area contributed by atoms with E-state index in [9.17, 15) is 20.3 Å². The van der Waals surface area contributed by atoms with Crippen molar-refractivity contribution in [3.05, 3.63) is 28.3 Å². The van der Waals surface area contributed by atoms with Crippen LogP contribution in [0.2, 0.25) is 0 Å². The second-order valence-corrected chi connectivity index (χ2v) is 4.54. The first-order valence-electron chi connectivity index (χ1n) is 6.19. The SMILES string of the molecule is COc1ccc(N[C@@H]2O[C@H](CO)[C@@H](O)[C@H]2O)c([N+](=O)[O-])c1. The Kier molecular flexibility index (Phi) is 4.58. The van der Waals surface area contributed by atoms with E-state index in [2.05, 4.69) is 5.32 Å². The second kappa shape index (κ2) is 6.22. The zero-order valence-corrected chi connectivity index (χ0v) is 11.2. The van der Waals surface area contributed by atoms with Crippen LogP contribution in [0.3, 0.4) is 0 Å². The van der Waals surface area contributed by atoms with Crippen molar-refractivity contribution in [2.75, 3.05) is 19.0 Å². The number of nitrogens with zero attached hydrogens (tertiary/aromatic N) is 1. The summed E-state index contributed by atoms with van der Waals surface area (Å²) >= 11 is 0. The van der Waals surface area contributed by atoms with Crippen molar-refractivity contribution in [2.24, 2.45) is 0 Å². The maximum atomic E-state index is 11.0. The molecule has 1 aromatic rings. The lowest BCUT2D eigenvalue weighted by Gasteiger charge is -2.17. The van der Waals surface area contributed by atoms with Gasteiger partial charge >= 0.3 is 0 Å². The van der Waals surface area contributed by atoms with Crippen LogP contribution in [0, 0.1) is 10.1 Å². The first-order chi connectivity index (χ1) is 9.97. The summed E-state index contributed by atoms with van der Waals surface area (Å²) in [6.07, 6.45) is -4.60. The van der Waals surface area contributed by atoms with E-state index in [1.807, 2.05) is 0 Å². The number of aliphatic hydroxyl groups is 3. The second-order valence-electron chi connectivity index (χ2n) is 4.54. The topological polar surface area (TPSA) is 134 Å². The van der Waals surface area contributed by atoms with Gasteiger partial charge in [-0.3, -0.25) is 10.1 Å². The van der Waals surface area contributed by atoms with Crippen molar-refractivity contribution < 1.29 is 29.7 Å². The molecule has 0 radical (unpaired) electrons. The van der Waals surface area contributed by atoms with Crippen LogP contribution in [0.1, 0.15) is 0 Å². The molecule has 0 unspecified atom stereocenters. The summed E-state index contributed by atoms with van der Waals surface area (Å²) in [6.45, 7) is -0.471. The van der Waals surface area contributed by atoms with Crippen LogP contribution < -0.4 is 10.1 Å². The van der Waals surface area contributed by atoms with E-state index in [-0.39, 0.29) is 11.4 Å². The number of ether oxygens (including phenoxy) is 2. The summed E-state index contributed by atoms with van der Waals surface area (Å²) in [5.41, 5.74) is -0.150. The van der Waals surface area contributed by atoms with Gasteiger partial charge in [-0.25, -0.2) is 0 Å². The third kappa shape index (κ3) is 3.05. The van der Waals surface area contributed by atoms with Gasteiger partial charge in [0.1, 0.15) is 29.7 Å². The molecule has 0 aliphatic carbocycles. The van der Waals surface area contributed by atoms with Crippen LogP contribution in [0.5, 0.6) is 5.75 Å². The summed E-state index contributed by atoms with van der Waals surface area (Å²) in [6, 6.07) is 4.14. The zero-order chi connectivity index (χ0) is 15.6. The number of benzene rings is 1. The van der Waals surface area contributed by atoms with E-state index in [0.29, 0.717) is 5.75 Å². The Morgan fingerprint density at radius 3 is 2.67 bits per heavy atom. The Morgan fingerprint density at radius 2 is 2.14 bits per heavy atom. The average molecular weight is 300 g/mol. The lowest BCUT2D eigenvalue weighted by molar-refractivity contribution is -0.384. The Bertz CT molecular complexity index is 524. The summed E-state index contributed by atoms with van der Waals surface area (Å²) in [7, 11) is 1.39. The fourth-order valence-corrected chi connectivity index (χ4v) is 2.08. The molecule has 1 aromatic carbocycles. The fourth-order valence-electron chi connectivity index (χ4n) is 2.08. The molecule has 21 heavy (non-hydrogen) atoms. The summed E-state index contributed by atoms with van der Waals surface area (Å²) < 4.78 is 10.1. The minimum atomic E-state index is -1.32. The van der Waals surface area contributed by atoms with Crippen LogP contribution in [0.15, 0.2) is 18.2 Å². The fraction of sp³-hybridized carbons (Fsp3) is 0.500. The maximum Gasteiger partial charge on any atom is 0.296 e. The molecule has 1 heterocycles. The summed E-state index contributed by atoms with van der Waals surface area (Å²) in [5, 5.41) is 42.1. The predicted molar refractivity (Wildman–Crippen MR) is 71.0 cm³/mol. The largest absolute Gasteiger partial charge is 0.496 e. The van der Waals surface area contributed by atoms with Crippen molar-refractivity contribution in [1.82, 2.24) is 0 Å². The Balaban J connectivity index is 2.22. The van der Waals surface area contributed by atoms with Gasteiger partial charge in [0.25, 0.3) is 5.69 Å². The van der Waals surface area contributed by atoms with Crippen molar-refractivity contribution in [2.45, 2.75) is 24.5 Å². The molecular formula is C12H16N2O7. The molecule has 0 amide bonds. The molecular weight excluding hydrogens is 284 g/mol. The van der Waals surface area contributed by atoms with Crippen LogP contribution in [-0.2, 0) is 4.74 Å². The molecule has 9 heteroatoms. The molecule has 0 bridgehead atoms. The first kappa shape index (κ1) is 15.4. The van der Waals surface area contributed by atoms with E-state index >= 15 is 0 Å². The van der Waals surface area contributed by atoms with Crippen molar-refractivity contribution >= 4 is 11.4 Å². The van der Waals surface area contributed by atoms with Gasteiger partial charge in [0.05, 0.1) is 24.7 Å². The zero-order valence-electron chi connectivity index (χ0n) is 11.2. The molecule has 1 aliphatic rings. The minimum absolute atomic E-state index is 0.107. The number of rotatable bonds is 5. The molecule has 116 valence electrons. The van der Waals surface area contributed by atoms with Crippen LogP contribution >= 0.6 is 0 Å². The van der Waals surface area contributed by atoms with Crippen LogP contribution in [0.4, 0.5) is 11.4 Å². The molecule has 1 aliphatic heterocycles. The van der Waals surface area contributed by atoms with Gasteiger partial charge in [0.15, 0.2) is 6.23 Å². The number of nitro benzene ring substituents is 1. The van der Waals surface area contributed by atoms with Gasteiger partial charge in [-0.15, -0.1) is 0 Å². The quantitative estimate of drug-likeness (QED) is 0.420. The van der Waals surface area contributed by atoms with Crippen LogP contribution in [-0.4, -0.2) is 58.5 Å². The van der Waals surface area contributed by atoms with Gasteiger partial charge < -0.3 is 30.1 Å². The molecule has 4 atom stereocenters. The van der Waals surface area contributed by atoms with E-state index in [4.69, 9.17) is 14.6 Å². The highest BCUT2D eigenvalue weighted by molar-refractivity contribution is 5.64. The van der Waals surface area contributed by atoms with Gasteiger partial charge in [-0.05, 0) is 12.1 Å². The molecule has 1 fully saturated rings. The number of nitro groups is 1. The summed E-state index contributed by atoms with van der Waals surface area (Å²) in [5.74, 6) is 0.313. The lowest BCUT2D eigenvalue weighted by Crippen LogP contribution is -2.36. The molecule has 4 N–H and O–H groups in total. The number of hydrogen-bond donors (Lipinski definition) is 4. The van der Waals surface area contributed by atoms with E-state index in [1.54, 1.807) is 0 Å². The Morgan fingerprint density at radius 1 is 1.43 bits per heavy atom. The van der Waals surface area contributed by atoms with E-state index in [0.717, 1.165) is 0 Å². The number of aliphatic hydroxyl groups excluding tert-OH is 3. The van der Waals surface area contributed by atoms with E-state index < -0.39 is 36.1 Å². The van der Waals surface area contributed by atoms with E-state index in [1.165, 1.54) is 25.3 Å². The third-order valence-electron chi connectivity index (χ3n) is 3.24. The number of hydrogen-bond acceptors (Lipinski definition) is 8. The Labute approximate surface area is 119 Å². The van der Waals surface area contributed by atoms with Gasteiger partial charge in [-0.2, -0.15) is 0 Å². The third-order valence-corrected chi connectivity index (χ3v) is 3.24. The molecule has 2 rings (SSSR count). The predicted octanol–water partition coefficient (Wildman–Crippen LogP) is -0.546. The van der Waals surface area contributed by atoms with Crippen molar-refractivity contribution in [3.63, 3.8) is 0 Å². The normalized spacial score (nSPS) is 28.4. The number of anilines is 1. The van der Waals surface area contributed by atoms with Crippen molar-refractivity contribution in [1.29, 1.82) is 0 Å². The highest BCUT2D eigenvalue weighted by Crippen LogP contribution is 2.31. The molecule has 1 saturated heterocycles. The van der Waals surface area contributed by atoms with Crippen LogP contribution in [0.25, 0.3) is 0 Å². The smallest absolute Gasteiger partial charge is 0.296 e. The van der Waals surface area contributed by atoms with Crippen molar-refractivity contribution in [3.8, 4) is 5.75 Å². The highest BCUT2D eigenvalue weighted by atomic mass is 16.6. The molecule has 0 saturated carbocycles. The monoisotopic (exact) mass is 300 g/mol. The maximum absolute atomic E-state index is 11.0. The molecule has 0 spiro atoms. The highest BCUT2D eigenvalue weighted by Gasteiger charge is 2.42. The lowest BCUT2D eigenvalue weighted by atomic mass is 10.1. The van der Waals surface area contributed by atoms with Gasteiger partial charge in [0.2, 0.25) is 0 Å². The van der Waals surface area contributed by atoms with Gasteiger partial charge in [0, 0.05) is 0 Å². The minimum Gasteiger partial charge on any atom is -0.496 e. The molecule has 0 aromatic heterocycles. The van der Waals surface area contributed by atoms with Gasteiger partial charge in [-0.1, -0.05) is 0 Å². The standard InChI is InChI=1S/C12H16N2O7/c1-20-6-2-3-7(8(4-6)14(18)19)13-12-11(17)10(16)9(5-15)21-12/h2-4,9-13,15-17H,5H2,1H3/t9-,10-,11-,12-/m1/s1. The Hall–Kier alpha value is -1.94. The first-order valence-corrected chi connectivity index (χ1v) is 6.19. The summed E-state index contributed by atoms with van der Waals surface area (Å²) in [4.78, 5) is 10.4. The average Bonchev–Trinajstić information content (AvgIpc) is 2.75.